The van der Waals surface area contributed by atoms with E-state index in [1.54, 1.807) is 0 Å². The third-order valence-corrected chi connectivity index (χ3v) is 8.33. The fourth-order valence-electron chi connectivity index (χ4n) is 4.04. The van der Waals surface area contributed by atoms with E-state index in [9.17, 15) is 0 Å². The molecule has 0 bridgehead atoms. The van der Waals surface area contributed by atoms with Gasteiger partial charge in [0.15, 0.2) is 0 Å². The van der Waals surface area contributed by atoms with Crippen molar-refractivity contribution in [2.24, 2.45) is 5.92 Å². The molecule has 0 radical (unpaired) electrons. The number of benzene rings is 3. The highest BCUT2D eigenvalue weighted by atomic mass is 28.4. The third-order valence-electron chi connectivity index (χ3n) is 5.73. The largest absolute Gasteiger partial charge is 0.403 e. The van der Waals surface area contributed by atoms with Crippen LogP contribution < -0.4 is 5.19 Å². The predicted molar refractivity (Wildman–Crippen MR) is 122 cm³/mol. The zero-order valence-electron chi connectivity index (χ0n) is 17.6. The maximum Gasteiger partial charge on any atom is 0.219 e. The molecule has 1 nitrogen and oxygen atoms in total. The molecule has 0 aliphatic heterocycles. The predicted octanol–water partition coefficient (Wildman–Crippen LogP) is 6.30. The summed E-state index contributed by atoms with van der Waals surface area (Å²) >= 11 is 0. The van der Waals surface area contributed by atoms with Crippen LogP contribution in [0.3, 0.4) is 0 Å². The first-order valence-corrected chi connectivity index (χ1v) is 13.2. The molecule has 0 saturated carbocycles. The van der Waals surface area contributed by atoms with Gasteiger partial charge in [0.05, 0.1) is 5.60 Å². The van der Waals surface area contributed by atoms with Crippen molar-refractivity contribution >= 4 is 13.5 Å². The fraction of sp³-hybridized carbons (Fsp3) is 0.308. The molecule has 3 aromatic carbocycles. The van der Waals surface area contributed by atoms with Gasteiger partial charge in [-0.15, -0.1) is 0 Å². The molecular formula is C26H32OSi. The summed E-state index contributed by atoms with van der Waals surface area (Å²) in [6.45, 7) is 9.25. The Bertz CT molecular complexity index is 843. The maximum atomic E-state index is 7.22. The number of aryl methyl sites for hydroxylation is 1. The first-order chi connectivity index (χ1) is 13.4. The molecule has 0 fully saturated rings. The highest BCUT2D eigenvalue weighted by Gasteiger charge is 2.42. The van der Waals surface area contributed by atoms with Crippen molar-refractivity contribution < 1.29 is 4.43 Å². The summed E-state index contributed by atoms with van der Waals surface area (Å²) in [6, 6.07) is 32.4. The van der Waals surface area contributed by atoms with Gasteiger partial charge in [0.2, 0.25) is 8.32 Å². The molecule has 0 aliphatic carbocycles. The molecule has 28 heavy (non-hydrogen) atoms. The zero-order chi connectivity index (χ0) is 20.0. The second-order valence-corrected chi connectivity index (χ2v) is 12.2. The van der Waals surface area contributed by atoms with Crippen molar-refractivity contribution in [3.8, 4) is 0 Å². The molecule has 0 spiro atoms. The SMILES string of the molecule is CC(C)C(CCc1ccccc1)(O[Si](C)(C)c1ccccc1)c1ccccc1. The van der Waals surface area contributed by atoms with Gasteiger partial charge in [-0.25, -0.2) is 0 Å². The van der Waals surface area contributed by atoms with Crippen molar-refractivity contribution in [1.82, 2.24) is 0 Å². The Kier molecular flexibility index (Phi) is 6.53. The first-order valence-electron chi connectivity index (χ1n) is 10.3. The second kappa shape index (κ2) is 8.89. The number of hydrogen-bond acceptors (Lipinski definition) is 1. The van der Waals surface area contributed by atoms with Crippen LogP contribution in [0.15, 0.2) is 91.0 Å². The van der Waals surface area contributed by atoms with Gasteiger partial charge in [0.25, 0.3) is 0 Å². The normalized spacial score (nSPS) is 14.0. The van der Waals surface area contributed by atoms with Gasteiger partial charge < -0.3 is 4.43 Å². The molecule has 0 aliphatic rings. The minimum absolute atomic E-state index is 0.303. The molecule has 3 aromatic rings. The minimum atomic E-state index is -2.10. The Labute approximate surface area is 171 Å². The van der Waals surface area contributed by atoms with E-state index in [0.29, 0.717) is 5.92 Å². The summed E-state index contributed by atoms with van der Waals surface area (Å²) in [4.78, 5) is 0. The summed E-state index contributed by atoms with van der Waals surface area (Å²) in [5.41, 5.74) is 2.35. The molecule has 3 rings (SSSR count). The van der Waals surface area contributed by atoms with Gasteiger partial charge in [0, 0.05) is 0 Å². The van der Waals surface area contributed by atoms with Gasteiger partial charge in [0.1, 0.15) is 0 Å². The van der Waals surface area contributed by atoms with Crippen molar-refractivity contribution in [1.29, 1.82) is 0 Å². The summed E-state index contributed by atoms with van der Waals surface area (Å²) < 4.78 is 7.22. The van der Waals surface area contributed by atoms with Gasteiger partial charge in [-0.3, -0.25) is 0 Å². The lowest BCUT2D eigenvalue weighted by atomic mass is 9.79. The van der Waals surface area contributed by atoms with E-state index in [1.165, 1.54) is 16.3 Å². The topological polar surface area (TPSA) is 9.23 Å². The van der Waals surface area contributed by atoms with Gasteiger partial charge in [-0.05, 0) is 48.2 Å². The van der Waals surface area contributed by atoms with Crippen LogP contribution in [0.1, 0.15) is 31.4 Å². The lowest BCUT2D eigenvalue weighted by Crippen LogP contribution is -2.53. The summed E-state index contributed by atoms with van der Waals surface area (Å²) in [7, 11) is -2.10. The van der Waals surface area contributed by atoms with Gasteiger partial charge in [-0.1, -0.05) is 105 Å². The van der Waals surface area contributed by atoms with Crippen molar-refractivity contribution in [2.45, 2.75) is 45.4 Å². The van der Waals surface area contributed by atoms with E-state index in [1.807, 2.05) is 0 Å². The standard InChI is InChI=1S/C26H32OSi/c1-22(2)26(24-16-10-6-11-17-24,21-20-23-14-8-5-9-15-23)27-28(3,4)25-18-12-7-13-19-25/h5-19,22H,20-21H2,1-4H3. The van der Waals surface area contributed by atoms with Crippen molar-refractivity contribution in [3.05, 3.63) is 102 Å². The van der Waals surface area contributed by atoms with Crippen LogP contribution in [-0.4, -0.2) is 8.32 Å². The van der Waals surface area contributed by atoms with Crippen molar-refractivity contribution in [2.75, 3.05) is 0 Å². The van der Waals surface area contributed by atoms with Crippen LogP contribution in [0.25, 0.3) is 0 Å². The quantitative estimate of drug-likeness (QED) is 0.411. The average Bonchev–Trinajstić information content (AvgIpc) is 2.73. The maximum absolute atomic E-state index is 7.22. The smallest absolute Gasteiger partial charge is 0.219 e. The zero-order valence-corrected chi connectivity index (χ0v) is 18.6. The van der Waals surface area contributed by atoms with Crippen LogP contribution in [0, 0.1) is 5.92 Å². The second-order valence-electron chi connectivity index (χ2n) is 8.37. The highest BCUT2D eigenvalue weighted by molar-refractivity contribution is 6.84. The lowest BCUT2D eigenvalue weighted by Gasteiger charge is -2.44. The lowest BCUT2D eigenvalue weighted by molar-refractivity contribution is 0.00277. The van der Waals surface area contributed by atoms with Crippen molar-refractivity contribution in [3.63, 3.8) is 0 Å². The third kappa shape index (κ3) is 4.63. The van der Waals surface area contributed by atoms with Crippen LogP contribution >= 0.6 is 0 Å². The van der Waals surface area contributed by atoms with E-state index < -0.39 is 8.32 Å². The monoisotopic (exact) mass is 388 g/mol. The summed E-state index contributed by atoms with van der Waals surface area (Å²) in [5.74, 6) is 0.370. The molecule has 146 valence electrons. The van der Waals surface area contributed by atoms with E-state index in [0.717, 1.165) is 12.8 Å². The number of hydrogen-bond donors (Lipinski definition) is 0. The molecule has 0 aromatic heterocycles. The van der Waals surface area contributed by atoms with Gasteiger partial charge >= 0.3 is 0 Å². The van der Waals surface area contributed by atoms with Crippen LogP contribution in [0.2, 0.25) is 13.1 Å². The average molecular weight is 389 g/mol. The van der Waals surface area contributed by atoms with Crippen LogP contribution in [-0.2, 0) is 16.4 Å². The molecule has 0 saturated heterocycles. The molecular weight excluding hydrogens is 356 g/mol. The molecule has 0 N–H and O–H groups in total. The van der Waals surface area contributed by atoms with Gasteiger partial charge in [-0.2, -0.15) is 0 Å². The van der Waals surface area contributed by atoms with E-state index in [4.69, 9.17) is 4.43 Å². The summed E-state index contributed by atoms with van der Waals surface area (Å²) in [5, 5.41) is 1.34. The molecule has 1 atom stereocenters. The molecule has 2 heteroatoms. The number of rotatable bonds is 8. The molecule has 0 amide bonds. The Morgan fingerprint density at radius 1 is 0.750 bits per heavy atom. The Hall–Kier alpha value is -2.16. The summed E-state index contributed by atoms with van der Waals surface area (Å²) in [6.07, 6.45) is 1.98. The van der Waals surface area contributed by atoms with E-state index >= 15 is 0 Å². The van der Waals surface area contributed by atoms with E-state index in [-0.39, 0.29) is 5.60 Å². The Morgan fingerprint density at radius 3 is 1.79 bits per heavy atom. The van der Waals surface area contributed by atoms with E-state index in [2.05, 4.69) is 118 Å². The molecule has 0 heterocycles. The Morgan fingerprint density at radius 2 is 1.25 bits per heavy atom. The fourth-order valence-corrected chi connectivity index (χ4v) is 6.52. The molecule has 1 unspecified atom stereocenters. The Balaban J connectivity index is 2.00. The van der Waals surface area contributed by atoms with Crippen LogP contribution in [0.4, 0.5) is 0 Å². The van der Waals surface area contributed by atoms with Crippen LogP contribution in [0.5, 0.6) is 0 Å². The highest BCUT2D eigenvalue weighted by Crippen LogP contribution is 2.40. The minimum Gasteiger partial charge on any atom is -0.403 e. The first kappa shape index (κ1) is 20.6.